The third-order valence-corrected chi connectivity index (χ3v) is 5.42. The summed E-state index contributed by atoms with van der Waals surface area (Å²) < 4.78 is 57.8. The number of nitrogens with zero attached hydrogens (tertiary/aromatic N) is 1. The van der Waals surface area contributed by atoms with Gasteiger partial charge in [0.15, 0.2) is 9.84 Å². The van der Waals surface area contributed by atoms with E-state index < -0.39 is 27.4 Å². The number of hydrogen-bond donors (Lipinski definition) is 1. The van der Waals surface area contributed by atoms with E-state index >= 15 is 0 Å². The number of aliphatic hydroxyl groups is 1. The Morgan fingerprint density at radius 3 is 2.65 bits per heavy atom. The van der Waals surface area contributed by atoms with Crippen molar-refractivity contribution in [1.29, 1.82) is 5.26 Å². The second-order valence-corrected chi connectivity index (χ2v) is 8.46. The molecule has 3 rings (SSSR count). The van der Waals surface area contributed by atoms with Crippen LogP contribution in [0.4, 0.5) is 8.78 Å². The lowest BCUT2D eigenvalue weighted by Gasteiger charge is -2.18. The largest absolute Gasteiger partial charge is 0.457 e. The summed E-state index contributed by atoms with van der Waals surface area (Å²) in [5.74, 6) is -0.570. The molecule has 2 atom stereocenters. The van der Waals surface area contributed by atoms with Crippen molar-refractivity contribution in [2.24, 2.45) is 0 Å². The van der Waals surface area contributed by atoms with E-state index in [1.165, 1.54) is 25.1 Å². The fourth-order valence-electron chi connectivity index (χ4n) is 3.08. The summed E-state index contributed by atoms with van der Waals surface area (Å²) in [5, 5.41) is 19.2. The van der Waals surface area contributed by atoms with Crippen molar-refractivity contribution >= 4 is 9.84 Å². The molecule has 0 spiro atoms. The van der Waals surface area contributed by atoms with Gasteiger partial charge in [-0.2, -0.15) is 5.26 Å². The van der Waals surface area contributed by atoms with Gasteiger partial charge in [0.1, 0.15) is 29.1 Å². The van der Waals surface area contributed by atoms with Crippen LogP contribution in [0.1, 0.15) is 29.7 Å². The van der Waals surface area contributed by atoms with E-state index in [4.69, 9.17) is 10.00 Å². The molecule has 5 nitrogen and oxygen atoms in total. The second kappa shape index (κ2) is 6.04. The van der Waals surface area contributed by atoms with Gasteiger partial charge in [-0.3, -0.25) is 0 Å². The highest BCUT2D eigenvalue weighted by molar-refractivity contribution is 7.90. The summed E-state index contributed by atoms with van der Waals surface area (Å²) in [6.07, 6.45) is -0.925. The topological polar surface area (TPSA) is 87.4 Å². The molecule has 0 aliphatic heterocycles. The molecule has 136 valence electrons. The van der Waals surface area contributed by atoms with Crippen LogP contribution >= 0.6 is 0 Å². The molecule has 0 amide bonds. The maximum atomic E-state index is 14.7. The number of benzene rings is 2. The molecule has 1 aliphatic carbocycles. The number of fused-ring (bicyclic) bond motifs is 1. The van der Waals surface area contributed by atoms with Crippen molar-refractivity contribution in [1.82, 2.24) is 0 Å². The molecule has 0 saturated carbocycles. The van der Waals surface area contributed by atoms with E-state index in [1.807, 2.05) is 0 Å². The van der Waals surface area contributed by atoms with Crippen molar-refractivity contribution in [3.05, 3.63) is 52.8 Å². The predicted molar refractivity (Wildman–Crippen MR) is 88.9 cm³/mol. The zero-order valence-electron chi connectivity index (χ0n) is 14.0. The van der Waals surface area contributed by atoms with Gasteiger partial charge in [-0.1, -0.05) is 0 Å². The first kappa shape index (κ1) is 18.3. The number of halogens is 2. The van der Waals surface area contributed by atoms with Crippen molar-refractivity contribution in [2.75, 3.05) is 6.26 Å². The number of rotatable bonds is 3. The van der Waals surface area contributed by atoms with Gasteiger partial charge in [-0.25, -0.2) is 17.2 Å². The van der Waals surface area contributed by atoms with Crippen LogP contribution in [0, 0.1) is 17.1 Å². The summed E-state index contributed by atoms with van der Waals surface area (Å²) in [5.41, 5.74) is -1.87. The quantitative estimate of drug-likeness (QED) is 0.885. The number of hydrogen-bond acceptors (Lipinski definition) is 5. The number of ether oxygens (including phenoxy) is 1. The third-order valence-electron chi connectivity index (χ3n) is 4.27. The Balaban J connectivity index is 2.15. The van der Waals surface area contributed by atoms with E-state index in [2.05, 4.69) is 0 Å². The first-order valence-electron chi connectivity index (χ1n) is 7.64. The number of nitriles is 1. The molecule has 1 N–H and O–H groups in total. The molecule has 2 aromatic carbocycles. The van der Waals surface area contributed by atoms with Gasteiger partial charge in [0.05, 0.1) is 16.5 Å². The van der Waals surface area contributed by atoms with Gasteiger partial charge in [-0.05, 0) is 31.2 Å². The van der Waals surface area contributed by atoms with Crippen LogP contribution in [-0.2, 0) is 16.3 Å². The SMILES string of the molecule is CC1(F)Cc2c(Oc3cc(F)cc(C#N)c3)ccc(S(C)(=O)=O)c2[C@@H]1O. The Morgan fingerprint density at radius 2 is 2.04 bits per heavy atom. The molecule has 8 heteroatoms. The van der Waals surface area contributed by atoms with Gasteiger partial charge < -0.3 is 9.84 Å². The zero-order valence-corrected chi connectivity index (χ0v) is 14.8. The number of sulfone groups is 1. The van der Waals surface area contributed by atoms with Gasteiger partial charge in [0.25, 0.3) is 0 Å². The first-order valence-corrected chi connectivity index (χ1v) is 9.53. The highest BCUT2D eigenvalue weighted by Crippen LogP contribution is 2.48. The average molecular weight is 379 g/mol. The molecule has 0 bridgehead atoms. The minimum atomic E-state index is -3.70. The smallest absolute Gasteiger partial charge is 0.175 e. The lowest BCUT2D eigenvalue weighted by Crippen LogP contribution is -2.24. The Morgan fingerprint density at radius 1 is 1.35 bits per heavy atom. The van der Waals surface area contributed by atoms with Gasteiger partial charge in [0, 0.05) is 29.9 Å². The summed E-state index contributed by atoms with van der Waals surface area (Å²) in [6.45, 7) is 1.17. The monoisotopic (exact) mass is 379 g/mol. The fourth-order valence-corrected chi connectivity index (χ4v) is 4.03. The average Bonchev–Trinajstić information content (AvgIpc) is 2.77. The summed E-state index contributed by atoms with van der Waals surface area (Å²) >= 11 is 0. The van der Waals surface area contributed by atoms with E-state index in [0.29, 0.717) is 0 Å². The van der Waals surface area contributed by atoms with Crippen molar-refractivity contribution in [3.63, 3.8) is 0 Å². The molecule has 0 radical (unpaired) electrons. The molecule has 1 unspecified atom stereocenters. The summed E-state index contributed by atoms with van der Waals surface area (Å²) in [7, 11) is -3.70. The zero-order chi connectivity index (χ0) is 19.3. The summed E-state index contributed by atoms with van der Waals surface area (Å²) in [6, 6.07) is 7.74. The highest BCUT2D eigenvalue weighted by Gasteiger charge is 2.46. The van der Waals surface area contributed by atoms with Crippen LogP contribution in [0.25, 0.3) is 0 Å². The van der Waals surface area contributed by atoms with E-state index in [-0.39, 0.29) is 39.5 Å². The van der Waals surface area contributed by atoms with E-state index in [1.54, 1.807) is 6.07 Å². The first-order chi connectivity index (χ1) is 12.0. The predicted octanol–water partition coefficient (Wildman–Crippen LogP) is 3.21. The van der Waals surface area contributed by atoms with Crippen LogP contribution < -0.4 is 4.74 Å². The Kier molecular flexibility index (Phi) is 4.25. The molecule has 0 fully saturated rings. The molecule has 0 saturated heterocycles. The lowest BCUT2D eigenvalue weighted by atomic mass is 10.0. The number of aliphatic hydroxyl groups excluding tert-OH is 1. The van der Waals surface area contributed by atoms with Gasteiger partial charge in [-0.15, -0.1) is 0 Å². The van der Waals surface area contributed by atoms with Crippen molar-refractivity contribution in [2.45, 2.75) is 30.0 Å². The fraction of sp³-hybridized carbons (Fsp3) is 0.278. The van der Waals surface area contributed by atoms with Crippen LogP contribution in [0.2, 0.25) is 0 Å². The lowest BCUT2D eigenvalue weighted by molar-refractivity contribution is 0.0166. The minimum Gasteiger partial charge on any atom is -0.457 e. The maximum absolute atomic E-state index is 14.7. The molecular formula is C18H15F2NO4S. The van der Waals surface area contributed by atoms with Crippen LogP contribution in [-0.4, -0.2) is 25.4 Å². The molecule has 2 aromatic rings. The van der Waals surface area contributed by atoms with Crippen molar-refractivity contribution in [3.8, 4) is 17.6 Å². The summed E-state index contributed by atoms with van der Waals surface area (Å²) in [4.78, 5) is -0.175. The Bertz CT molecular complexity index is 1040. The number of alkyl halides is 1. The molecule has 1 aliphatic rings. The Hall–Kier alpha value is -2.50. The normalized spacial score (nSPS) is 21.9. The highest BCUT2D eigenvalue weighted by atomic mass is 32.2. The third kappa shape index (κ3) is 3.16. The van der Waals surface area contributed by atoms with Crippen molar-refractivity contribution < 1.29 is 27.0 Å². The molecule has 0 heterocycles. The van der Waals surface area contributed by atoms with E-state index in [0.717, 1.165) is 18.4 Å². The van der Waals surface area contributed by atoms with Gasteiger partial charge >= 0.3 is 0 Å². The second-order valence-electron chi connectivity index (χ2n) is 6.47. The maximum Gasteiger partial charge on any atom is 0.175 e. The van der Waals surface area contributed by atoms with Crippen LogP contribution in [0.15, 0.2) is 35.2 Å². The Labute approximate surface area is 149 Å². The van der Waals surface area contributed by atoms with Gasteiger partial charge in [0.2, 0.25) is 0 Å². The molecule has 26 heavy (non-hydrogen) atoms. The molecule has 0 aromatic heterocycles. The van der Waals surface area contributed by atoms with Crippen LogP contribution in [0.5, 0.6) is 11.5 Å². The van der Waals surface area contributed by atoms with E-state index in [9.17, 15) is 22.3 Å². The standard InChI is InChI=1S/C18H15F2NO4S/c1-18(20)8-13-14(25-12-6-10(9-21)5-11(19)7-12)3-4-15(26(2,23)24)16(13)17(18)22/h3-7,17,22H,8H2,1-2H3/t17-,18?/m0/s1. The minimum absolute atomic E-state index is 0.0119. The van der Waals surface area contributed by atoms with Crippen LogP contribution in [0.3, 0.4) is 0 Å². The molecular weight excluding hydrogens is 364 g/mol.